The summed E-state index contributed by atoms with van der Waals surface area (Å²) in [5.41, 5.74) is 1.77. The van der Waals surface area contributed by atoms with Crippen LogP contribution in [0, 0.1) is 5.92 Å². The van der Waals surface area contributed by atoms with E-state index in [1.807, 2.05) is 22.9 Å². The number of imidazole rings is 1. The molecule has 0 saturated carbocycles. The van der Waals surface area contributed by atoms with E-state index in [1.54, 1.807) is 12.1 Å². The van der Waals surface area contributed by atoms with Crippen LogP contribution in [0.2, 0.25) is 0 Å². The maximum Gasteiger partial charge on any atom is 0.310 e. The van der Waals surface area contributed by atoms with Crippen LogP contribution in [0.5, 0.6) is 5.75 Å². The van der Waals surface area contributed by atoms with Crippen molar-refractivity contribution in [3.8, 4) is 17.1 Å². The number of phenolic OH excluding ortho intramolecular Hbond substituents is 1. The van der Waals surface area contributed by atoms with Gasteiger partial charge in [0.25, 0.3) is 0 Å². The molecule has 1 unspecified atom stereocenters. The molecule has 0 amide bonds. The number of carbonyl (C=O) groups is 1. The Morgan fingerprint density at radius 3 is 3.00 bits per heavy atom. The number of methoxy groups -OCH3 is 1. The fourth-order valence-electron chi connectivity index (χ4n) is 2.68. The molecule has 0 radical (unpaired) electrons. The first kappa shape index (κ1) is 12.7. The highest BCUT2D eigenvalue weighted by atomic mass is 16.5. The number of carbonyl (C=O) groups excluding carboxylic acids is 1. The minimum absolute atomic E-state index is 0.147. The van der Waals surface area contributed by atoms with Crippen molar-refractivity contribution in [3.05, 3.63) is 36.2 Å². The number of esters is 1. The number of rotatable bonds is 2. The van der Waals surface area contributed by atoms with Gasteiger partial charge >= 0.3 is 5.97 Å². The lowest BCUT2D eigenvalue weighted by molar-refractivity contribution is -0.146. The summed E-state index contributed by atoms with van der Waals surface area (Å²) >= 11 is 0. The predicted octanol–water partition coefficient (Wildman–Crippen LogP) is 1.99. The molecule has 2 aromatic rings. The van der Waals surface area contributed by atoms with Gasteiger partial charge in [0.1, 0.15) is 11.6 Å². The molecule has 0 bridgehead atoms. The molecule has 0 fully saturated rings. The van der Waals surface area contributed by atoms with E-state index in [0.29, 0.717) is 17.9 Å². The van der Waals surface area contributed by atoms with Gasteiger partial charge in [-0.15, -0.1) is 0 Å². The molecule has 2 heterocycles. The molecule has 3 rings (SSSR count). The highest BCUT2D eigenvalue weighted by molar-refractivity contribution is 5.73. The maximum absolute atomic E-state index is 11.7. The molecule has 1 atom stereocenters. The van der Waals surface area contributed by atoms with Crippen molar-refractivity contribution < 1.29 is 14.6 Å². The van der Waals surface area contributed by atoms with Crippen LogP contribution in [0.15, 0.2) is 30.5 Å². The van der Waals surface area contributed by atoms with Crippen molar-refractivity contribution in [2.45, 2.75) is 19.4 Å². The largest absolute Gasteiger partial charge is 0.507 e. The molecule has 0 spiro atoms. The number of phenols is 1. The van der Waals surface area contributed by atoms with Gasteiger partial charge in [-0.05, 0) is 25.0 Å². The summed E-state index contributed by atoms with van der Waals surface area (Å²) in [7, 11) is 1.41. The van der Waals surface area contributed by atoms with Gasteiger partial charge in [-0.3, -0.25) is 4.79 Å². The third-order valence-electron chi connectivity index (χ3n) is 3.77. The summed E-state index contributed by atoms with van der Waals surface area (Å²) in [5.74, 6) is 0.562. The average Bonchev–Trinajstić information content (AvgIpc) is 2.90. The maximum atomic E-state index is 11.7. The zero-order chi connectivity index (χ0) is 14.1. The Balaban J connectivity index is 1.99. The molecule has 1 aliphatic rings. The van der Waals surface area contributed by atoms with E-state index in [-0.39, 0.29) is 17.6 Å². The third-order valence-corrected chi connectivity index (χ3v) is 3.77. The lowest BCUT2D eigenvalue weighted by atomic mass is 9.98. The Labute approximate surface area is 116 Å². The number of benzene rings is 1. The molecule has 5 heteroatoms. The van der Waals surface area contributed by atoms with Crippen LogP contribution < -0.4 is 0 Å². The first-order chi connectivity index (χ1) is 9.70. The summed E-state index contributed by atoms with van der Waals surface area (Å²) < 4.78 is 6.83. The number of aromatic nitrogens is 2. The lowest BCUT2D eigenvalue weighted by Gasteiger charge is -2.23. The molecule has 5 nitrogen and oxygen atoms in total. The average molecular weight is 272 g/mol. The monoisotopic (exact) mass is 272 g/mol. The molecule has 20 heavy (non-hydrogen) atoms. The molecule has 0 saturated heterocycles. The molecule has 1 aromatic carbocycles. The van der Waals surface area contributed by atoms with Gasteiger partial charge < -0.3 is 14.4 Å². The summed E-state index contributed by atoms with van der Waals surface area (Å²) in [6.45, 7) is 0.547. The zero-order valence-electron chi connectivity index (χ0n) is 11.2. The zero-order valence-corrected chi connectivity index (χ0v) is 11.2. The number of hydrogen-bond acceptors (Lipinski definition) is 4. The van der Waals surface area contributed by atoms with E-state index in [9.17, 15) is 9.90 Å². The van der Waals surface area contributed by atoms with Crippen LogP contribution in [-0.2, 0) is 22.5 Å². The second kappa shape index (κ2) is 5.00. The van der Waals surface area contributed by atoms with E-state index in [0.717, 1.165) is 18.5 Å². The second-order valence-electron chi connectivity index (χ2n) is 4.96. The van der Waals surface area contributed by atoms with Crippen molar-refractivity contribution in [2.75, 3.05) is 7.11 Å². The van der Waals surface area contributed by atoms with Crippen molar-refractivity contribution >= 4 is 5.97 Å². The van der Waals surface area contributed by atoms with E-state index >= 15 is 0 Å². The number of hydrogen-bond donors (Lipinski definition) is 1. The van der Waals surface area contributed by atoms with Crippen molar-refractivity contribution in [1.82, 2.24) is 9.55 Å². The molecule has 0 aliphatic carbocycles. The van der Waals surface area contributed by atoms with Crippen LogP contribution in [0.1, 0.15) is 12.1 Å². The fourth-order valence-corrected chi connectivity index (χ4v) is 2.68. The number of fused-ring (bicyclic) bond motifs is 1. The number of para-hydroxylation sites is 1. The molecular weight excluding hydrogens is 256 g/mol. The predicted molar refractivity (Wildman–Crippen MR) is 73.2 cm³/mol. The van der Waals surface area contributed by atoms with Gasteiger partial charge in [-0.1, -0.05) is 12.1 Å². The van der Waals surface area contributed by atoms with Crippen LogP contribution in [0.25, 0.3) is 11.4 Å². The third kappa shape index (κ3) is 2.05. The van der Waals surface area contributed by atoms with Gasteiger partial charge in [-0.2, -0.15) is 0 Å². The van der Waals surface area contributed by atoms with Crippen molar-refractivity contribution in [3.63, 3.8) is 0 Å². The van der Waals surface area contributed by atoms with Gasteiger partial charge in [-0.25, -0.2) is 4.98 Å². The summed E-state index contributed by atoms with van der Waals surface area (Å²) in [4.78, 5) is 16.1. The van der Waals surface area contributed by atoms with Gasteiger partial charge in [0.05, 0.1) is 18.6 Å². The van der Waals surface area contributed by atoms with E-state index in [1.165, 1.54) is 7.11 Å². The Morgan fingerprint density at radius 1 is 1.45 bits per heavy atom. The normalized spacial score (nSPS) is 17.6. The van der Waals surface area contributed by atoms with Crippen LogP contribution in [0.4, 0.5) is 0 Å². The van der Waals surface area contributed by atoms with Crippen LogP contribution >= 0.6 is 0 Å². The van der Waals surface area contributed by atoms with Gasteiger partial charge in [0, 0.05) is 18.4 Å². The molecule has 1 N–H and O–H groups in total. The van der Waals surface area contributed by atoms with E-state index < -0.39 is 0 Å². The highest BCUT2D eigenvalue weighted by Gasteiger charge is 2.28. The Bertz CT molecular complexity index is 648. The fraction of sp³-hybridized carbons (Fsp3) is 0.333. The van der Waals surface area contributed by atoms with E-state index in [4.69, 9.17) is 4.74 Å². The topological polar surface area (TPSA) is 64.3 Å². The Hall–Kier alpha value is -2.30. The SMILES string of the molecule is COC(=O)C1CCc2cnc(-c3ccccc3O)n2C1. The first-order valence-corrected chi connectivity index (χ1v) is 6.61. The Kier molecular flexibility index (Phi) is 3.18. The number of ether oxygens (including phenoxy) is 1. The lowest BCUT2D eigenvalue weighted by Crippen LogP contribution is -2.27. The van der Waals surface area contributed by atoms with Gasteiger partial charge in [0.2, 0.25) is 0 Å². The summed E-state index contributed by atoms with van der Waals surface area (Å²) in [6, 6.07) is 7.09. The number of aromatic hydroxyl groups is 1. The second-order valence-corrected chi connectivity index (χ2v) is 4.96. The van der Waals surface area contributed by atoms with Crippen molar-refractivity contribution in [2.24, 2.45) is 5.92 Å². The van der Waals surface area contributed by atoms with Crippen molar-refractivity contribution in [1.29, 1.82) is 0 Å². The molecule has 1 aliphatic heterocycles. The number of aryl methyl sites for hydroxylation is 1. The standard InChI is InChI=1S/C15H16N2O3/c1-20-15(19)10-6-7-11-8-16-14(17(11)9-10)12-4-2-3-5-13(12)18/h2-5,8,10,18H,6-7,9H2,1H3. The molecule has 104 valence electrons. The minimum Gasteiger partial charge on any atom is -0.507 e. The van der Waals surface area contributed by atoms with E-state index in [2.05, 4.69) is 4.98 Å². The Morgan fingerprint density at radius 2 is 2.25 bits per heavy atom. The minimum atomic E-state index is -0.187. The molecule has 1 aromatic heterocycles. The summed E-state index contributed by atoms with van der Waals surface area (Å²) in [5, 5.41) is 9.96. The molecular formula is C15H16N2O3. The highest BCUT2D eigenvalue weighted by Crippen LogP contribution is 2.32. The van der Waals surface area contributed by atoms with Gasteiger partial charge in [0.15, 0.2) is 0 Å². The van der Waals surface area contributed by atoms with Crippen LogP contribution in [0.3, 0.4) is 0 Å². The van der Waals surface area contributed by atoms with Crippen LogP contribution in [-0.4, -0.2) is 27.7 Å². The number of nitrogens with zero attached hydrogens (tertiary/aromatic N) is 2. The summed E-state index contributed by atoms with van der Waals surface area (Å²) in [6.07, 6.45) is 3.38. The smallest absolute Gasteiger partial charge is 0.310 e. The first-order valence-electron chi connectivity index (χ1n) is 6.61. The quantitative estimate of drug-likeness (QED) is 0.849.